The molecule has 19 heavy (non-hydrogen) atoms. The standard InChI is InChI=1S/C17H21NO/c1-18(2)12-11-14-7-6-8-15(13-14)16-9-4-5-10-17(16)19-3/h4-10,13H,11-12H2,1-3H3. The second-order valence-electron chi connectivity index (χ2n) is 4.95. The van der Waals surface area contributed by atoms with Gasteiger partial charge in [-0.3, -0.25) is 0 Å². The summed E-state index contributed by atoms with van der Waals surface area (Å²) in [7, 11) is 5.92. The summed E-state index contributed by atoms with van der Waals surface area (Å²) in [5, 5.41) is 0. The van der Waals surface area contributed by atoms with Crippen LogP contribution >= 0.6 is 0 Å². The highest BCUT2D eigenvalue weighted by atomic mass is 16.5. The van der Waals surface area contributed by atoms with Gasteiger partial charge in [0.25, 0.3) is 0 Å². The molecule has 0 amide bonds. The van der Waals surface area contributed by atoms with Crippen molar-refractivity contribution in [1.29, 1.82) is 0 Å². The van der Waals surface area contributed by atoms with E-state index in [1.54, 1.807) is 7.11 Å². The van der Waals surface area contributed by atoms with Crippen LogP contribution < -0.4 is 4.74 Å². The molecule has 0 aliphatic heterocycles. The van der Waals surface area contributed by atoms with Crippen molar-refractivity contribution in [3.05, 3.63) is 54.1 Å². The minimum absolute atomic E-state index is 0.923. The number of para-hydroxylation sites is 1. The third-order valence-corrected chi connectivity index (χ3v) is 3.19. The van der Waals surface area contributed by atoms with E-state index in [-0.39, 0.29) is 0 Å². The van der Waals surface area contributed by atoms with Crippen molar-refractivity contribution in [3.8, 4) is 16.9 Å². The first-order valence-corrected chi connectivity index (χ1v) is 6.58. The molecule has 0 spiro atoms. The first kappa shape index (κ1) is 13.6. The van der Waals surface area contributed by atoms with Gasteiger partial charge < -0.3 is 9.64 Å². The summed E-state index contributed by atoms with van der Waals surface area (Å²) in [6.07, 6.45) is 1.07. The van der Waals surface area contributed by atoms with Crippen molar-refractivity contribution >= 4 is 0 Å². The molecule has 0 aliphatic carbocycles. The first-order chi connectivity index (χ1) is 9.20. The highest BCUT2D eigenvalue weighted by Gasteiger charge is 2.05. The Labute approximate surface area is 115 Å². The summed E-state index contributed by atoms with van der Waals surface area (Å²) in [5.41, 5.74) is 3.72. The van der Waals surface area contributed by atoms with E-state index in [9.17, 15) is 0 Å². The number of rotatable bonds is 5. The molecule has 0 fully saturated rings. The van der Waals surface area contributed by atoms with Crippen LogP contribution in [0.2, 0.25) is 0 Å². The Morgan fingerprint density at radius 1 is 1.00 bits per heavy atom. The zero-order chi connectivity index (χ0) is 13.7. The van der Waals surface area contributed by atoms with Gasteiger partial charge in [-0.1, -0.05) is 42.5 Å². The number of methoxy groups -OCH3 is 1. The Hall–Kier alpha value is -1.80. The molecule has 0 aromatic heterocycles. The molecular formula is C17H21NO. The van der Waals surface area contributed by atoms with Gasteiger partial charge in [0.2, 0.25) is 0 Å². The van der Waals surface area contributed by atoms with Crippen molar-refractivity contribution in [2.45, 2.75) is 6.42 Å². The first-order valence-electron chi connectivity index (χ1n) is 6.58. The van der Waals surface area contributed by atoms with E-state index in [2.05, 4.69) is 49.3 Å². The Balaban J connectivity index is 2.27. The monoisotopic (exact) mass is 255 g/mol. The molecule has 0 unspecified atom stereocenters. The molecule has 0 saturated carbocycles. The molecule has 0 N–H and O–H groups in total. The summed E-state index contributed by atoms with van der Waals surface area (Å²) < 4.78 is 5.43. The van der Waals surface area contributed by atoms with Crippen molar-refractivity contribution in [2.24, 2.45) is 0 Å². The average Bonchev–Trinajstić information content (AvgIpc) is 2.45. The number of hydrogen-bond donors (Lipinski definition) is 0. The fourth-order valence-electron chi connectivity index (χ4n) is 2.13. The van der Waals surface area contributed by atoms with Crippen LogP contribution in [0.15, 0.2) is 48.5 Å². The van der Waals surface area contributed by atoms with Crippen LogP contribution in [0.5, 0.6) is 5.75 Å². The van der Waals surface area contributed by atoms with Gasteiger partial charge in [0.1, 0.15) is 5.75 Å². The average molecular weight is 255 g/mol. The highest BCUT2D eigenvalue weighted by molar-refractivity contribution is 5.70. The Kier molecular flexibility index (Phi) is 4.58. The third-order valence-electron chi connectivity index (χ3n) is 3.19. The van der Waals surface area contributed by atoms with Crippen LogP contribution in [0.4, 0.5) is 0 Å². The summed E-state index contributed by atoms with van der Waals surface area (Å²) >= 11 is 0. The topological polar surface area (TPSA) is 12.5 Å². The molecular weight excluding hydrogens is 234 g/mol. The highest BCUT2D eigenvalue weighted by Crippen LogP contribution is 2.29. The molecule has 100 valence electrons. The van der Waals surface area contributed by atoms with Gasteiger partial charge >= 0.3 is 0 Å². The number of likely N-dealkylation sites (N-methyl/N-ethyl adjacent to an activating group) is 1. The number of nitrogens with zero attached hydrogens (tertiary/aromatic N) is 1. The molecule has 0 aliphatic rings. The molecule has 2 rings (SSSR count). The van der Waals surface area contributed by atoms with Crippen LogP contribution in [0.25, 0.3) is 11.1 Å². The lowest BCUT2D eigenvalue weighted by molar-refractivity contribution is 0.413. The quantitative estimate of drug-likeness (QED) is 0.811. The molecule has 0 bridgehead atoms. The van der Waals surface area contributed by atoms with Crippen LogP contribution in [-0.4, -0.2) is 32.6 Å². The van der Waals surface area contributed by atoms with Gasteiger partial charge in [0.05, 0.1) is 7.11 Å². The van der Waals surface area contributed by atoms with Gasteiger partial charge in [-0.05, 0) is 37.7 Å². The van der Waals surface area contributed by atoms with Gasteiger partial charge in [0, 0.05) is 12.1 Å². The minimum Gasteiger partial charge on any atom is -0.496 e. The van der Waals surface area contributed by atoms with Crippen LogP contribution in [-0.2, 0) is 6.42 Å². The van der Waals surface area contributed by atoms with Crippen molar-refractivity contribution in [1.82, 2.24) is 4.90 Å². The van der Waals surface area contributed by atoms with Crippen molar-refractivity contribution in [2.75, 3.05) is 27.7 Å². The molecule has 2 nitrogen and oxygen atoms in total. The van der Waals surface area contributed by atoms with Crippen LogP contribution in [0.3, 0.4) is 0 Å². The minimum atomic E-state index is 0.923. The fraction of sp³-hybridized carbons (Fsp3) is 0.294. The number of benzene rings is 2. The molecule has 2 heteroatoms. The van der Waals surface area contributed by atoms with E-state index in [4.69, 9.17) is 4.74 Å². The molecule has 0 saturated heterocycles. The maximum atomic E-state index is 5.43. The summed E-state index contributed by atoms with van der Waals surface area (Å²) in [6.45, 7) is 1.06. The SMILES string of the molecule is COc1ccccc1-c1cccc(CCN(C)C)c1. The maximum absolute atomic E-state index is 5.43. The van der Waals surface area contributed by atoms with E-state index in [1.807, 2.05) is 18.2 Å². The van der Waals surface area contributed by atoms with Gasteiger partial charge in [-0.2, -0.15) is 0 Å². The molecule has 0 radical (unpaired) electrons. The fourth-order valence-corrected chi connectivity index (χ4v) is 2.13. The second kappa shape index (κ2) is 6.39. The third kappa shape index (κ3) is 3.58. The lowest BCUT2D eigenvalue weighted by Crippen LogP contribution is -2.14. The smallest absolute Gasteiger partial charge is 0.126 e. The largest absolute Gasteiger partial charge is 0.496 e. The van der Waals surface area contributed by atoms with E-state index < -0.39 is 0 Å². The molecule has 0 heterocycles. The predicted octanol–water partition coefficient (Wildman–Crippen LogP) is 3.47. The number of ether oxygens (including phenoxy) is 1. The van der Waals surface area contributed by atoms with E-state index in [0.717, 1.165) is 24.3 Å². The van der Waals surface area contributed by atoms with Crippen LogP contribution in [0.1, 0.15) is 5.56 Å². The molecule has 2 aromatic carbocycles. The van der Waals surface area contributed by atoms with E-state index >= 15 is 0 Å². The summed E-state index contributed by atoms with van der Waals surface area (Å²) in [4.78, 5) is 2.20. The maximum Gasteiger partial charge on any atom is 0.126 e. The van der Waals surface area contributed by atoms with Gasteiger partial charge in [-0.25, -0.2) is 0 Å². The zero-order valence-corrected chi connectivity index (χ0v) is 11.9. The molecule has 0 atom stereocenters. The normalized spacial score (nSPS) is 10.7. The zero-order valence-electron chi connectivity index (χ0n) is 11.9. The lowest BCUT2D eigenvalue weighted by Gasteiger charge is -2.12. The second-order valence-corrected chi connectivity index (χ2v) is 4.95. The Morgan fingerprint density at radius 3 is 2.53 bits per heavy atom. The Morgan fingerprint density at radius 2 is 1.79 bits per heavy atom. The van der Waals surface area contributed by atoms with E-state index in [0.29, 0.717) is 0 Å². The number of hydrogen-bond acceptors (Lipinski definition) is 2. The van der Waals surface area contributed by atoms with Crippen molar-refractivity contribution < 1.29 is 4.74 Å². The summed E-state index contributed by atoms with van der Waals surface area (Å²) in [6, 6.07) is 16.8. The molecule has 2 aromatic rings. The lowest BCUT2D eigenvalue weighted by atomic mass is 10.0. The summed E-state index contributed by atoms with van der Waals surface area (Å²) in [5.74, 6) is 0.923. The predicted molar refractivity (Wildman–Crippen MR) is 80.7 cm³/mol. The Bertz CT molecular complexity index is 534. The van der Waals surface area contributed by atoms with Crippen LogP contribution in [0, 0.1) is 0 Å². The van der Waals surface area contributed by atoms with Crippen molar-refractivity contribution in [3.63, 3.8) is 0 Å². The van der Waals surface area contributed by atoms with Gasteiger partial charge in [0.15, 0.2) is 0 Å². The van der Waals surface area contributed by atoms with E-state index in [1.165, 1.54) is 11.1 Å². The van der Waals surface area contributed by atoms with Gasteiger partial charge in [-0.15, -0.1) is 0 Å².